The number of piperidine rings is 2. The number of thiazole rings is 1. The first-order chi connectivity index (χ1) is 12.3. The summed E-state index contributed by atoms with van der Waals surface area (Å²) in [5.41, 5.74) is 0. The van der Waals surface area contributed by atoms with Gasteiger partial charge in [-0.3, -0.25) is 0 Å². The number of hydrogen-bond donors (Lipinski definition) is 2. The largest absolute Gasteiger partial charge is 0.348 e. The molecule has 6 nitrogen and oxygen atoms in total. The van der Waals surface area contributed by atoms with Crippen molar-refractivity contribution in [3.8, 4) is 0 Å². The minimum absolute atomic E-state index is 0.0230. The number of nitrogens with zero attached hydrogens (tertiary/aromatic N) is 3. The molecular formula is C18H29N5OS. The number of urea groups is 1. The Morgan fingerprint density at radius 2 is 1.64 bits per heavy atom. The number of hydrogen-bond acceptors (Lipinski definition) is 5. The van der Waals surface area contributed by atoms with E-state index >= 15 is 0 Å². The second kappa shape index (κ2) is 7.91. The second-order valence-electron chi connectivity index (χ2n) is 7.59. The number of aromatic nitrogens is 1. The smallest absolute Gasteiger partial charge is 0.315 e. The zero-order valence-corrected chi connectivity index (χ0v) is 15.6. The SMILES string of the molecule is O=C(NC1CCN(c2nccs2)CC1)NC1CCN(C2CCC2)CC1. The van der Waals surface area contributed by atoms with Crippen LogP contribution in [0.4, 0.5) is 9.93 Å². The van der Waals surface area contributed by atoms with Crippen LogP contribution in [0.2, 0.25) is 0 Å². The van der Waals surface area contributed by atoms with Gasteiger partial charge in [-0.2, -0.15) is 0 Å². The molecule has 7 heteroatoms. The number of carbonyl (C=O) groups is 1. The highest BCUT2D eigenvalue weighted by molar-refractivity contribution is 7.13. The molecule has 0 unspecified atom stereocenters. The molecule has 0 spiro atoms. The van der Waals surface area contributed by atoms with Crippen LogP contribution in [0, 0.1) is 0 Å². The molecule has 0 atom stereocenters. The summed E-state index contributed by atoms with van der Waals surface area (Å²) in [6, 6.07) is 1.48. The minimum Gasteiger partial charge on any atom is -0.348 e. The molecule has 138 valence electrons. The maximum absolute atomic E-state index is 12.3. The Balaban J connectivity index is 1.15. The molecule has 2 N–H and O–H groups in total. The summed E-state index contributed by atoms with van der Waals surface area (Å²) < 4.78 is 0. The highest BCUT2D eigenvalue weighted by Gasteiger charge is 2.29. The van der Waals surface area contributed by atoms with E-state index in [0.717, 1.165) is 63.0 Å². The Morgan fingerprint density at radius 3 is 2.16 bits per heavy atom. The molecular weight excluding hydrogens is 334 g/mol. The van der Waals surface area contributed by atoms with Gasteiger partial charge in [-0.05, 0) is 38.5 Å². The van der Waals surface area contributed by atoms with Crippen molar-refractivity contribution < 1.29 is 4.79 Å². The van der Waals surface area contributed by atoms with E-state index in [2.05, 4.69) is 25.4 Å². The van der Waals surface area contributed by atoms with Crippen LogP contribution in [0.25, 0.3) is 0 Å². The molecule has 1 aliphatic carbocycles. The lowest BCUT2D eigenvalue weighted by atomic mass is 9.89. The lowest BCUT2D eigenvalue weighted by molar-refractivity contribution is 0.0936. The van der Waals surface area contributed by atoms with Crippen LogP contribution in [0.1, 0.15) is 44.9 Å². The van der Waals surface area contributed by atoms with Crippen molar-refractivity contribution in [2.75, 3.05) is 31.1 Å². The Hall–Kier alpha value is -1.34. The second-order valence-corrected chi connectivity index (χ2v) is 8.46. The van der Waals surface area contributed by atoms with Crippen LogP contribution in [-0.2, 0) is 0 Å². The van der Waals surface area contributed by atoms with E-state index in [1.165, 1.54) is 19.3 Å². The Kier molecular flexibility index (Phi) is 5.41. The number of likely N-dealkylation sites (tertiary alicyclic amines) is 1. The van der Waals surface area contributed by atoms with Gasteiger partial charge in [-0.25, -0.2) is 9.78 Å². The van der Waals surface area contributed by atoms with Gasteiger partial charge in [0.1, 0.15) is 0 Å². The van der Waals surface area contributed by atoms with E-state index in [1.54, 1.807) is 11.3 Å². The maximum Gasteiger partial charge on any atom is 0.315 e. The molecule has 1 saturated carbocycles. The number of carbonyl (C=O) groups excluding carboxylic acids is 1. The zero-order valence-electron chi connectivity index (χ0n) is 14.8. The molecule has 1 aromatic heterocycles. The number of nitrogens with one attached hydrogen (secondary N) is 2. The van der Waals surface area contributed by atoms with E-state index < -0.39 is 0 Å². The molecule has 0 radical (unpaired) electrons. The van der Waals surface area contributed by atoms with Crippen LogP contribution in [0.5, 0.6) is 0 Å². The molecule has 1 aromatic rings. The highest BCUT2D eigenvalue weighted by Crippen LogP contribution is 2.27. The van der Waals surface area contributed by atoms with Gasteiger partial charge >= 0.3 is 6.03 Å². The summed E-state index contributed by atoms with van der Waals surface area (Å²) in [6.45, 7) is 4.22. The molecule has 0 bridgehead atoms. The molecule has 4 rings (SSSR count). The van der Waals surface area contributed by atoms with Gasteiger partial charge in [-0.1, -0.05) is 6.42 Å². The molecule has 3 aliphatic rings. The predicted octanol–water partition coefficient (Wildman–Crippen LogP) is 2.43. The Bertz CT molecular complexity index is 546. The van der Waals surface area contributed by atoms with Crippen LogP contribution in [0.3, 0.4) is 0 Å². The van der Waals surface area contributed by atoms with E-state index in [-0.39, 0.29) is 12.1 Å². The van der Waals surface area contributed by atoms with Crippen molar-refractivity contribution in [3.63, 3.8) is 0 Å². The third kappa shape index (κ3) is 4.26. The van der Waals surface area contributed by atoms with Gasteiger partial charge in [-0.15, -0.1) is 11.3 Å². The fraction of sp³-hybridized carbons (Fsp3) is 0.778. The average Bonchev–Trinajstić information content (AvgIpc) is 3.10. The number of anilines is 1. The molecule has 2 saturated heterocycles. The molecule has 3 fully saturated rings. The predicted molar refractivity (Wildman–Crippen MR) is 101 cm³/mol. The summed E-state index contributed by atoms with van der Waals surface area (Å²) in [7, 11) is 0. The fourth-order valence-electron chi connectivity index (χ4n) is 4.16. The van der Waals surface area contributed by atoms with Gasteiger partial charge in [0, 0.05) is 55.9 Å². The van der Waals surface area contributed by atoms with E-state index in [1.807, 2.05) is 11.6 Å². The Morgan fingerprint density at radius 1 is 1.00 bits per heavy atom. The first kappa shape index (κ1) is 17.1. The summed E-state index contributed by atoms with van der Waals surface area (Å²) >= 11 is 1.69. The third-order valence-corrected chi connectivity index (χ3v) is 6.81. The van der Waals surface area contributed by atoms with Crippen molar-refractivity contribution in [2.45, 2.75) is 63.1 Å². The molecule has 0 aromatic carbocycles. The number of rotatable bonds is 4. The quantitative estimate of drug-likeness (QED) is 0.863. The van der Waals surface area contributed by atoms with Crippen LogP contribution in [-0.4, -0.2) is 60.2 Å². The fourth-order valence-corrected chi connectivity index (χ4v) is 4.86. The molecule has 3 heterocycles. The normalized spacial score (nSPS) is 24.1. The van der Waals surface area contributed by atoms with Crippen molar-refractivity contribution >= 4 is 22.5 Å². The molecule has 25 heavy (non-hydrogen) atoms. The first-order valence-electron chi connectivity index (χ1n) is 9.73. The van der Waals surface area contributed by atoms with Gasteiger partial charge in [0.2, 0.25) is 0 Å². The van der Waals surface area contributed by atoms with Crippen LogP contribution in [0.15, 0.2) is 11.6 Å². The summed E-state index contributed by atoms with van der Waals surface area (Å²) in [5, 5.41) is 9.50. The average molecular weight is 364 g/mol. The van der Waals surface area contributed by atoms with Crippen molar-refractivity contribution in [3.05, 3.63) is 11.6 Å². The zero-order chi connectivity index (χ0) is 17.1. The number of amides is 2. The van der Waals surface area contributed by atoms with E-state index in [4.69, 9.17) is 0 Å². The maximum atomic E-state index is 12.3. The third-order valence-electron chi connectivity index (χ3n) is 5.98. The van der Waals surface area contributed by atoms with Crippen molar-refractivity contribution in [1.82, 2.24) is 20.5 Å². The monoisotopic (exact) mass is 363 g/mol. The first-order valence-corrected chi connectivity index (χ1v) is 10.6. The molecule has 2 amide bonds. The van der Waals surface area contributed by atoms with Gasteiger partial charge < -0.3 is 20.4 Å². The summed E-state index contributed by atoms with van der Waals surface area (Å²) in [6.07, 6.45) is 10.2. The van der Waals surface area contributed by atoms with Crippen LogP contribution >= 0.6 is 11.3 Å². The van der Waals surface area contributed by atoms with Gasteiger partial charge in [0.05, 0.1) is 0 Å². The standard InChI is InChI=1S/C18H29N5OS/c24-17(20-14-4-9-22(10-5-14)16-2-1-3-16)21-15-6-11-23(12-7-15)18-19-8-13-25-18/h8,13-16H,1-7,9-12H2,(H2,20,21,24). The topological polar surface area (TPSA) is 60.5 Å². The lowest BCUT2D eigenvalue weighted by Crippen LogP contribution is -2.53. The Labute approximate surface area is 154 Å². The van der Waals surface area contributed by atoms with Crippen LogP contribution < -0.4 is 15.5 Å². The summed E-state index contributed by atoms with van der Waals surface area (Å²) in [5.74, 6) is 0. The van der Waals surface area contributed by atoms with Crippen molar-refractivity contribution in [1.29, 1.82) is 0 Å². The van der Waals surface area contributed by atoms with E-state index in [9.17, 15) is 4.79 Å². The lowest BCUT2D eigenvalue weighted by Gasteiger charge is -2.42. The van der Waals surface area contributed by atoms with Crippen molar-refractivity contribution in [2.24, 2.45) is 0 Å². The minimum atomic E-state index is 0.0230. The van der Waals surface area contributed by atoms with Gasteiger partial charge in [0.25, 0.3) is 0 Å². The van der Waals surface area contributed by atoms with E-state index in [0.29, 0.717) is 6.04 Å². The highest BCUT2D eigenvalue weighted by atomic mass is 32.1. The molecule has 2 aliphatic heterocycles. The summed E-state index contributed by atoms with van der Waals surface area (Å²) in [4.78, 5) is 21.6. The van der Waals surface area contributed by atoms with Gasteiger partial charge in [0.15, 0.2) is 5.13 Å².